The van der Waals surface area contributed by atoms with Crippen LogP contribution in [0.3, 0.4) is 0 Å². The summed E-state index contributed by atoms with van der Waals surface area (Å²) in [5.41, 5.74) is 2.04. The smallest absolute Gasteiger partial charge is 0.279 e. The van der Waals surface area contributed by atoms with Gasteiger partial charge in [-0.15, -0.1) is 0 Å². The van der Waals surface area contributed by atoms with Crippen molar-refractivity contribution in [3.05, 3.63) is 69.1 Å². The van der Waals surface area contributed by atoms with Gasteiger partial charge in [0.2, 0.25) is 0 Å². The molecule has 0 saturated heterocycles. The number of fused-ring (bicyclic) bond motifs is 1. The summed E-state index contributed by atoms with van der Waals surface area (Å²) in [6.07, 6.45) is 0.748. The second-order valence-corrected chi connectivity index (χ2v) is 7.97. The number of aromatic nitrogens is 2. The maximum absolute atomic E-state index is 13.1. The predicted molar refractivity (Wildman–Crippen MR) is 108 cm³/mol. The lowest BCUT2D eigenvalue weighted by Crippen LogP contribution is -2.23. The van der Waals surface area contributed by atoms with Crippen molar-refractivity contribution in [2.24, 2.45) is 0 Å². The van der Waals surface area contributed by atoms with Crippen LogP contribution in [0.4, 0.5) is 0 Å². The van der Waals surface area contributed by atoms with Gasteiger partial charge in [-0.05, 0) is 42.2 Å². The molecule has 5 nitrogen and oxygen atoms in total. The highest BCUT2D eigenvalue weighted by Crippen LogP contribution is 2.26. The molecule has 0 radical (unpaired) electrons. The molecule has 0 bridgehead atoms. The molecule has 1 N–H and O–H groups in total. The average Bonchev–Trinajstić information content (AvgIpc) is 2.60. The van der Waals surface area contributed by atoms with E-state index in [1.807, 2.05) is 18.2 Å². The first-order valence-electron chi connectivity index (χ1n) is 8.78. The van der Waals surface area contributed by atoms with E-state index in [9.17, 15) is 9.90 Å². The van der Waals surface area contributed by atoms with E-state index < -0.39 is 6.29 Å². The van der Waals surface area contributed by atoms with E-state index >= 15 is 0 Å². The standard InChI is InChI=1S/C21H23ClN2O3/c1-13(25)27-12-17-18(22)6-5-7-19(17)24-20(26)16-9-8-15(21(2,3)4)10-14(16)11-23-24/h5-11,13,25H,12H2,1-4H3. The van der Waals surface area contributed by atoms with Gasteiger partial charge < -0.3 is 9.84 Å². The first-order chi connectivity index (χ1) is 12.7. The molecule has 6 heteroatoms. The molecule has 27 heavy (non-hydrogen) atoms. The summed E-state index contributed by atoms with van der Waals surface area (Å²) in [5.74, 6) is 0. The fraction of sp³-hybridized carbons (Fsp3) is 0.333. The monoisotopic (exact) mass is 386 g/mol. The summed E-state index contributed by atoms with van der Waals surface area (Å²) in [7, 11) is 0. The van der Waals surface area contributed by atoms with Gasteiger partial charge in [-0.1, -0.05) is 44.5 Å². The summed E-state index contributed by atoms with van der Waals surface area (Å²) < 4.78 is 6.60. The number of hydrogen-bond acceptors (Lipinski definition) is 4. The maximum atomic E-state index is 13.1. The first kappa shape index (κ1) is 19.5. The minimum Gasteiger partial charge on any atom is -0.368 e. The Bertz CT molecular complexity index is 1040. The Labute approximate surface area is 163 Å². The van der Waals surface area contributed by atoms with Crippen molar-refractivity contribution < 1.29 is 9.84 Å². The fourth-order valence-electron chi connectivity index (χ4n) is 2.88. The SMILES string of the molecule is CC(O)OCc1c(Cl)cccc1-n1ncc2cc(C(C)(C)C)ccc2c1=O. The Balaban J connectivity index is 2.15. The molecular weight excluding hydrogens is 364 g/mol. The van der Waals surface area contributed by atoms with Gasteiger partial charge in [0.1, 0.15) is 0 Å². The van der Waals surface area contributed by atoms with Crippen LogP contribution in [0.1, 0.15) is 38.8 Å². The molecule has 142 valence electrons. The molecule has 3 aromatic rings. The van der Waals surface area contributed by atoms with E-state index in [0.29, 0.717) is 21.7 Å². The van der Waals surface area contributed by atoms with Crippen molar-refractivity contribution >= 4 is 22.4 Å². The Kier molecular flexibility index (Phi) is 5.38. The van der Waals surface area contributed by atoms with Gasteiger partial charge in [-0.25, -0.2) is 0 Å². The van der Waals surface area contributed by atoms with Crippen molar-refractivity contribution in [1.82, 2.24) is 9.78 Å². The van der Waals surface area contributed by atoms with Gasteiger partial charge in [-0.3, -0.25) is 4.79 Å². The Morgan fingerprint density at radius 1 is 1.26 bits per heavy atom. The van der Waals surface area contributed by atoms with Crippen molar-refractivity contribution in [3.63, 3.8) is 0 Å². The molecule has 0 saturated carbocycles. The van der Waals surface area contributed by atoms with E-state index in [-0.39, 0.29) is 17.6 Å². The summed E-state index contributed by atoms with van der Waals surface area (Å²) in [5, 5.41) is 15.6. The van der Waals surface area contributed by atoms with Gasteiger partial charge in [0.05, 0.1) is 23.9 Å². The van der Waals surface area contributed by atoms with E-state index in [2.05, 4.69) is 25.9 Å². The molecular formula is C21H23ClN2O3. The summed E-state index contributed by atoms with van der Waals surface area (Å²) in [6.45, 7) is 7.97. The normalized spacial score (nSPS) is 13.1. The van der Waals surface area contributed by atoms with Crippen molar-refractivity contribution in [3.8, 4) is 5.69 Å². The summed E-state index contributed by atoms with van der Waals surface area (Å²) in [4.78, 5) is 13.1. The highest BCUT2D eigenvalue weighted by molar-refractivity contribution is 6.31. The van der Waals surface area contributed by atoms with E-state index in [1.165, 1.54) is 11.6 Å². The van der Waals surface area contributed by atoms with Crippen molar-refractivity contribution in [2.45, 2.75) is 46.0 Å². The van der Waals surface area contributed by atoms with Crippen LogP contribution in [-0.2, 0) is 16.8 Å². The van der Waals surface area contributed by atoms with E-state index in [0.717, 1.165) is 10.9 Å². The van der Waals surface area contributed by atoms with E-state index in [1.54, 1.807) is 24.4 Å². The number of halogens is 1. The Morgan fingerprint density at radius 2 is 2.00 bits per heavy atom. The summed E-state index contributed by atoms with van der Waals surface area (Å²) >= 11 is 6.30. The van der Waals surface area contributed by atoms with Crippen LogP contribution in [0.5, 0.6) is 0 Å². The average molecular weight is 387 g/mol. The number of rotatable bonds is 4. The molecule has 1 atom stereocenters. The molecule has 1 aromatic heterocycles. The number of aliphatic hydroxyl groups excluding tert-OH is 1. The van der Waals surface area contributed by atoms with Gasteiger partial charge in [0, 0.05) is 16.0 Å². The third-order valence-electron chi connectivity index (χ3n) is 4.44. The molecule has 0 amide bonds. The highest BCUT2D eigenvalue weighted by Gasteiger charge is 2.17. The number of ether oxygens (including phenoxy) is 1. The van der Waals surface area contributed by atoms with Crippen LogP contribution in [-0.4, -0.2) is 21.2 Å². The zero-order valence-corrected chi connectivity index (χ0v) is 16.6. The van der Waals surface area contributed by atoms with Crippen LogP contribution in [0.15, 0.2) is 47.4 Å². The Hall–Kier alpha value is -2.21. The van der Waals surface area contributed by atoms with Crippen molar-refractivity contribution in [1.29, 1.82) is 0 Å². The third kappa shape index (κ3) is 4.05. The summed E-state index contributed by atoms with van der Waals surface area (Å²) in [6, 6.07) is 11.0. The van der Waals surface area contributed by atoms with Crippen LogP contribution < -0.4 is 5.56 Å². The molecule has 0 aliphatic carbocycles. The molecule has 3 rings (SSSR count). The predicted octanol–water partition coefficient (Wildman–Crippen LogP) is 4.19. The van der Waals surface area contributed by atoms with Gasteiger partial charge in [-0.2, -0.15) is 9.78 Å². The molecule has 0 spiro atoms. The van der Waals surface area contributed by atoms with E-state index in [4.69, 9.17) is 16.3 Å². The number of hydrogen-bond donors (Lipinski definition) is 1. The lowest BCUT2D eigenvalue weighted by molar-refractivity contribution is -0.0939. The highest BCUT2D eigenvalue weighted by atomic mass is 35.5. The molecule has 0 aliphatic heterocycles. The lowest BCUT2D eigenvalue weighted by Gasteiger charge is -2.19. The fourth-order valence-corrected chi connectivity index (χ4v) is 3.11. The minimum atomic E-state index is -0.939. The van der Waals surface area contributed by atoms with Crippen LogP contribution in [0, 0.1) is 0 Å². The minimum absolute atomic E-state index is 0.0124. The molecule has 1 unspecified atom stereocenters. The van der Waals surface area contributed by atoms with Crippen LogP contribution >= 0.6 is 11.6 Å². The number of nitrogens with zero attached hydrogens (tertiary/aromatic N) is 2. The van der Waals surface area contributed by atoms with Crippen molar-refractivity contribution in [2.75, 3.05) is 0 Å². The molecule has 1 heterocycles. The molecule has 0 aliphatic rings. The third-order valence-corrected chi connectivity index (χ3v) is 4.80. The van der Waals surface area contributed by atoms with Crippen LogP contribution in [0.25, 0.3) is 16.5 Å². The molecule has 2 aromatic carbocycles. The van der Waals surface area contributed by atoms with Gasteiger partial charge in [0.15, 0.2) is 6.29 Å². The first-order valence-corrected chi connectivity index (χ1v) is 9.16. The second-order valence-electron chi connectivity index (χ2n) is 7.56. The quantitative estimate of drug-likeness (QED) is 0.683. The van der Waals surface area contributed by atoms with Crippen LogP contribution in [0.2, 0.25) is 5.02 Å². The Morgan fingerprint density at radius 3 is 2.67 bits per heavy atom. The van der Waals surface area contributed by atoms with Gasteiger partial charge >= 0.3 is 0 Å². The maximum Gasteiger partial charge on any atom is 0.279 e. The number of benzene rings is 2. The van der Waals surface area contributed by atoms with Gasteiger partial charge in [0.25, 0.3) is 5.56 Å². The second kappa shape index (κ2) is 7.43. The zero-order chi connectivity index (χ0) is 19.8. The topological polar surface area (TPSA) is 64.3 Å². The largest absolute Gasteiger partial charge is 0.368 e. The molecule has 0 fully saturated rings. The lowest BCUT2D eigenvalue weighted by atomic mass is 9.86. The number of aliphatic hydroxyl groups is 1. The zero-order valence-electron chi connectivity index (χ0n) is 15.9.